The van der Waals surface area contributed by atoms with E-state index in [9.17, 15) is 4.79 Å². The number of hydrogen-bond acceptors (Lipinski definition) is 3. The number of anilines is 1. The van der Waals surface area contributed by atoms with Gasteiger partial charge in [0.1, 0.15) is 0 Å². The second kappa shape index (κ2) is 5.88. The molecule has 0 aliphatic carbocycles. The van der Waals surface area contributed by atoms with Gasteiger partial charge in [-0.15, -0.1) is 0 Å². The van der Waals surface area contributed by atoms with Gasteiger partial charge in [0, 0.05) is 12.4 Å². The third-order valence-corrected chi connectivity index (χ3v) is 3.57. The number of nitrogens with one attached hydrogen (secondary N) is 2. The van der Waals surface area contributed by atoms with Crippen molar-refractivity contribution < 1.29 is 4.79 Å². The smallest absolute Gasteiger partial charge is 0.241 e. The molecule has 1 aromatic heterocycles. The Kier molecular flexibility index (Phi) is 3.78. The average molecular weight is 270 g/mol. The molecule has 2 heterocycles. The Morgan fingerprint density at radius 1 is 1.35 bits per heavy atom. The van der Waals surface area contributed by atoms with Crippen molar-refractivity contribution in [1.29, 1.82) is 0 Å². The van der Waals surface area contributed by atoms with Crippen LogP contribution >= 0.6 is 0 Å². The Bertz CT molecular complexity index is 573. The van der Waals surface area contributed by atoms with Crippen molar-refractivity contribution in [1.82, 2.24) is 14.9 Å². The second-order valence-corrected chi connectivity index (χ2v) is 4.98. The highest BCUT2D eigenvalue weighted by Gasteiger charge is 2.21. The highest BCUT2D eigenvalue weighted by Crippen LogP contribution is 2.20. The Morgan fingerprint density at radius 3 is 3.00 bits per heavy atom. The molecule has 1 fully saturated rings. The number of nitrogens with zero attached hydrogens (tertiary/aromatic N) is 2. The maximum absolute atomic E-state index is 12.3. The first-order chi connectivity index (χ1) is 9.84. The van der Waals surface area contributed by atoms with E-state index in [0.717, 1.165) is 37.2 Å². The number of rotatable bonds is 3. The predicted octanol–water partition coefficient (Wildman–Crippen LogP) is 1.95. The zero-order valence-electron chi connectivity index (χ0n) is 11.2. The van der Waals surface area contributed by atoms with Crippen molar-refractivity contribution in [2.24, 2.45) is 0 Å². The highest BCUT2D eigenvalue weighted by molar-refractivity contribution is 5.96. The van der Waals surface area contributed by atoms with Crippen molar-refractivity contribution in [3.63, 3.8) is 0 Å². The van der Waals surface area contributed by atoms with E-state index < -0.39 is 0 Å². The van der Waals surface area contributed by atoms with E-state index >= 15 is 0 Å². The normalized spacial score (nSPS) is 18.7. The maximum Gasteiger partial charge on any atom is 0.241 e. The van der Waals surface area contributed by atoms with Gasteiger partial charge in [-0.2, -0.15) is 0 Å². The van der Waals surface area contributed by atoms with Gasteiger partial charge in [0.05, 0.1) is 23.7 Å². The van der Waals surface area contributed by atoms with E-state index in [-0.39, 0.29) is 11.9 Å². The summed E-state index contributed by atoms with van der Waals surface area (Å²) < 4.78 is 1.89. The molecule has 1 amide bonds. The first-order valence-corrected chi connectivity index (χ1v) is 6.96. The fraction of sp³-hybridized carbons (Fsp3) is 0.333. The standard InChI is InChI=1S/C15H18N4O/c20-15(13-6-3-4-8-17-13)18-12-5-1-2-7-14(12)19-10-9-16-11-19/h1-2,5,7,9-11,13,17H,3-4,6,8H2,(H,18,20). The number of piperidine rings is 1. The topological polar surface area (TPSA) is 59.0 Å². The zero-order chi connectivity index (χ0) is 13.8. The Morgan fingerprint density at radius 2 is 2.25 bits per heavy atom. The summed E-state index contributed by atoms with van der Waals surface area (Å²) in [5.74, 6) is 0.0391. The molecule has 1 saturated heterocycles. The first kappa shape index (κ1) is 12.9. The molecule has 3 rings (SSSR count). The van der Waals surface area contributed by atoms with Crippen LogP contribution in [-0.2, 0) is 4.79 Å². The SMILES string of the molecule is O=C(Nc1ccccc1-n1ccnc1)C1CCCCN1. The lowest BCUT2D eigenvalue weighted by Crippen LogP contribution is -2.43. The molecule has 5 nitrogen and oxygen atoms in total. The van der Waals surface area contributed by atoms with E-state index in [2.05, 4.69) is 15.6 Å². The van der Waals surface area contributed by atoms with Crippen molar-refractivity contribution in [2.45, 2.75) is 25.3 Å². The summed E-state index contributed by atoms with van der Waals surface area (Å²) in [7, 11) is 0. The van der Waals surface area contributed by atoms with Gasteiger partial charge in [0.15, 0.2) is 0 Å². The summed E-state index contributed by atoms with van der Waals surface area (Å²) in [6, 6.07) is 7.66. The van der Waals surface area contributed by atoms with Crippen molar-refractivity contribution in [3.05, 3.63) is 43.0 Å². The number of hydrogen-bond donors (Lipinski definition) is 2. The second-order valence-electron chi connectivity index (χ2n) is 4.98. The maximum atomic E-state index is 12.3. The van der Waals surface area contributed by atoms with Gasteiger partial charge in [-0.25, -0.2) is 4.98 Å². The molecular weight excluding hydrogens is 252 g/mol. The minimum absolute atomic E-state index is 0.0391. The number of imidazole rings is 1. The molecule has 1 aromatic carbocycles. The fourth-order valence-corrected chi connectivity index (χ4v) is 2.50. The van der Waals surface area contributed by atoms with Crippen molar-refractivity contribution in [3.8, 4) is 5.69 Å². The largest absolute Gasteiger partial charge is 0.323 e. The molecule has 1 atom stereocenters. The number of aromatic nitrogens is 2. The van der Waals surface area contributed by atoms with E-state index in [1.54, 1.807) is 12.5 Å². The number of amides is 1. The molecule has 0 saturated carbocycles. The molecule has 5 heteroatoms. The average Bonchev–Trinajstić information content (AvgIpc) is 3.03. The highest BCUT2D eigenvalue weighted by atomic mass is 16.2. The number of para-hydroxylation sites is 2. The third-order valence-electron chi connectivity index (χ3n) is 3.57. The molecule has 0 spiro atoms. The number of carbonyl (C=O) groups excluding carboxylic acids is 1. The van der Waals surface area contributed by atoms with E-state index in [1.807, 2.05) is 35.0 Å². The van der Waals surface area contributed by atoms with Gasteiger partial charge in [-0.3, -0.25) is 4.79 Å². The van der Waals surface area contributed by atoms with Crippen molar-refractivity contribution >= 4 is 11.6 Å². The van der Waals surface area contributed by atoms with E-state index in [4.69, 9.17) is 0 Å². The lowest BCUT2D eigenvalue weighted by atomic mass is 10.0. The van der Waals surface area contributed by atoms with Gasteiger partial charge in [0.2, 0.25) is 5.91 Å². The van der Waals surface area contributed by atoms with Gasteiger partial charge >= 0.3 is 0 Å². The van der Waals surface area contributed by atoms with Crippen LogP contribution < -0.4 is 10.6 Å². The molecule has 1 aliphatic rings. The monoisotopic (exact) mass is 270 g/mol. The lowest BCUT2D eigenvalue weighted by Gasteiger charge is -2.23. The molecule has 0 bridgehead atoms. The minimum atomic E-state index is -0.0837. The summed E-state index contributed by atoms with van der Waals surface area (Å²) in [6.45, 7) is 0.918. The Balaban J connectivity index is 1.79. The predicted molar refractivity (Wildman–Crippen MR) is 77.8 cm³/mol. The molecule has 2 aromatic rings. The first-order valence-electron chi connectivity index (χ1n) is 6.96. The Labute approximate surface area is 118 Å². The molecule has 2 N–H and O–H groups in total. The fourth-order valence-electron chi connectivity index (χ4n) is 2.50. The van der Waals surface area contributed by atoms with Gasteiger partial charge in [0.25, 0.3) is 0 Å². The molecule has 1 aliphatic heterocycles. The number of carbonyl (C=O) groups is 1. The van der Waals surface area contributed by atoms with Crippen molar-refractivity contribution in [2.75, 3.05) is 11.9 Å². The summed E-state index contributed by atoms with van der Waals surface area (Å²) in [5.41, 5.74) is 1.73. The van der Waals surface area contributed by atoms with Crippen LogP contribution in [0.1, 0.15) is 19.3 Å². The van der Waals surface area contributed by atoms with Gasteiger partial charge in [-0.05, 0) is 31.5 Å². The van der Waals surface area contributed by atoms with E-state index in [0.29, 0.717) is 0 Å². The van der Waals surface area contributed by atoms with Gasteiger partial charge in [-0.1, -0.05) is 18.6 Å². The minimum Gasteiger partial charge on any atom is -0.323 e. The van der Waals surface area contributed by atoms with Crippen LogP contribution in [0.15, 0.2) is 43.0 Å². The Hall–Kier alpha value is -2.14. The molecule has 104 valence electrons. The summed E-state index contributed by atoms with van der Waals surface area (Å²) >= 11 is 0. The molecule has 1 unspecified atom stereocenters. The van der Waals surface area contributed by atoms with E-state index in [1.165, 1.54) is 0 Å². The quantitative estimate of drug-likeness (QED) is 0.896. The lowest BCUT2D eigenvalue weighted by molar-refractivity contribution is -0.118. The third kappa shape index (κ3) is 2.72. The molecule has 0 radical (unpaired) electrons. The molecule has 20 heavy (non-hydrogen) atoms. The van der Waals surface area contributed by atoms with Crippen LogP contribution in [0.5, 0.6) is 0 Å². The summed E-state index contributed by atoms with van der Waals surface area (Å²) in [5, 5.41) is 6.28. The van der Waals surface area contributed by atoms with Crippen LogP contribution in [0.4, 0.5) is 5.69 Å². The van der Waals surface area contributed by atoms with Crippen LogP contribution in [0.2, 0.25) is 0 Å². The van der Waals surface area contributed by atoms with Crippen LogP contribution in [0.25, 0.3) is 5.69 Å². The molecular formula is C15H18N4O. The summed E-state index contributed by atoms with van der Waals surface area (Å²) in [4.78, 5) is 16.3. The zero-order valence-corrected chi connectivity index (χ0v) is 11.2. The number of benzene rings is 1. The summed E-state index contributed by atoms with van der Waals surface area (Å²) in [6.07, 6.45) is 8.47. The van der Waals surface area contributed by atoms with Gasteiger partial charge < -0.3 is 15.2 Å². The van der Waals surface area contributed by atoms with Crippen LogP contribution in [-0.4, -0.2) is 28.0 Å². The van der Waals surface area contributed by atoms with Crippen LogP contribution in [0, 0.1) is 0 Å². The van der Waals surface area contributed by atoms with Crippen LogP contribution in [0.3, 0.4) is 0 Å².